The molecule has 0 aliphatic heterocycles. The minimum Gasteiger partial charge on any atom is -0.508 e. The summed E-state index contributed by atoms with van der Waals surface area (Å²) in [5.74, 6) is -0.365. The molecule has 140 valence electrons. The van der Waals surface area contributed by atoms with Crippen LogP contribution in [-0.2, 0) is 0 Å². The van der Waals surface area contributed by atoms with Gasteiger partial charge in [-0.1, -0.05) is 22.0 Å². The van der Waals surface area contributed by atoms with Gasteiger partial charge in [-0.15, -0.1) is 0 Å². The number of hydrogen-bond donors (Lipinski definition) is 2. The van der Waals surface area contributed by atoms with E-state index in [9.17, 15) is 14.7 Å². The number of phenolic OH excluding ortho intramolecular Hbond substituents is 1. The van der Waals surface area contributed by atoms with Gasteiger partial charge in [-0.2, -0.15) is 5.10 Å². The Kier molecular flexibility index (Phi) is 6.18. The number of nitrogens with zero attached hydrogens (tertiary/aromatic N) is 1. The first kappa shape index (κ1) is 19.3. The maximum Gasteiger partial charge on any atom is 0.343 e. The molecule has 3 aromatic rings. The van der Waals surface area contributed by atoms with Gasteiger partial charge in [0.25, 0.3) is 5.91 Å². The fourth-order valence-corrected chi connectivity index (χ4v) is 2.65. The van der Waals surface area contributed by atoms with Crippen LogP contribution in [0.15, 0.2) is 82.4 Å². The molecule has 1 amide bonds. The van der Waals surface area contributed by atoms with E-state index in [0.717, 1.165) is 4.47 Å². The number of rotatable bonds is 5. The Morgan fingerprint density at radius 3 is 2.36 bits per heavy atom. The largest absolute Gasteiger partial charge is 0.508 e. The third kappa shape index (κ3) is 5.28. The van der Waals surface area contributed by atoms with Gasteiger partial charge < -0.3 is 9.84 Å². The van der Waals surface area contributed by atoms with Gasteiger partial charge >= 0.3 is 5.97 Å². The second kappa shape index (κ2) is 8.96. The second-order valence-corrected chi connectivity index (χ2v) is 6.63. The molecule has 0 bridgehead atoms. The summed E-state index contributed by atoms with van der Waals surface area (Å²) >= 11 is 3.31. The first-order valence-corrected chi connectivity index (χ1v) is 9.01. The van der Waals surface area contributed by atoms with Crippen LogP contribution >= 0.6 is 15.9 Å². The van der Waals surface area contributed by atoms with Gasteiger partial charge in [0.2, 0.25) is 0 Å². The van der Waals surface area contributed by atoms with Crippen molar-refractivity contribution >= 4 is 34.0 Å². The van der Waals surface area contributed by atoms with E-state index in [4.69, 9.17) is 4.74 Å². The molecule has 2 N–H and O–H groups in total. The van der Waals surface area contributed by atoms with Crippen molar-refractivity contribution in [2.24, 2.45) is 5.10 Å². The normalized spacial score (nSPS) is 10.6. The van der Waals surface area contributed by atoms with E-state index in [-0.39, 0.29) is 5.75 Å². The molecule has 6 nitrogen and oxygen atoms in total. The Balaban J connectivity index is 1.56. The maximum atomic E-state index is 12.1. The van der Waals surface area contributed by atoms with Crippen molar-refractivity contribution in [3.8, 4) is 11.5 Å². The molecule has 7 heteroatoms. The molecular weight excluding hydrogens is 424 g/mol. The molecule has 3 rings (SSSR count). The topological polar surface area (TPSA) is 88.0 Å². The summed E-state index contributed by atoms with van der Waals surface area (Å²) < 4.78 is 6.12. The van der Waals surface area contributed by atoms with Gasteiger partial charge in [-0.05, 0) is 72.3 Å². The molecule has 0 saturated heterocycles. The molecule has 0 spiro atoms. The number of hydrazone groups is 1. The number of benzene rings is 3. The molecule has 0 aliphatic rings. The van der Waals surface area contributed by atoms with Gasteiger partial charge in [-0.25, -0.2) is 10.2 Å². The van der Waals surface area contributed by atoms with Gasteiger partial charge in [-0.3, -0.25) is 4.79 Å². The lowest BCUT2D eigenvalue weighted by Crippen LogP contribution is -2.17. The van der Waals surface area contributed by atoms with Crippen LogP contribution in [0.5, 0.6) is 11.5 Å². The Morgan fingerprint density at radius 2 is 1.68 bits per heavy atom. The number of carbonyl (C=O) groups is 2. The predicted octanol–water partition coefficient (Wildman–Crippen LogP) is 4.14. The number of aromatic hydroxyl groups is 1. The maximum absolute atomic E-state index is 12.1. The van der Waals surface area contributed by atoms with Crippen LogP contribution in [0.25, 0.3) is 0 Å². The summed E-state index contributed by atoms with van der Waals surface area (Å²) in [5, 5.41) is 13.1. The van der Waals surface area contributed by atoms with Gasteiger partial charge in [0.1, 0.15) is 11.5 Å². The lowest BCUT2D eigenvalue weighted by atomic mass is 10.2. The fraction of sp³-hybridized carbons (Fsp3) is 0. The number of nitrogens with one attached hydrogen (secondary N) is 1. The minimum absolute atomic E-state index is 0.0840. The zero-order valence-electron chi connectivity index (χ0n) is 14.5. The number of amides is 1. The average Bonchev–Trinajstić information content (AvgIpc) is 2.69. The van der Waals surface area contributed by atoms with Crippen LogP contribution in [-0.4, -0.2) is 23.2 Å². The third-order valence-electron chi connectivity index (χ3n) is 3.66. The van der Waals surface area contributed by atoms with E-state index in [1.165, 1.54) is 30.5 Å². The summed E-state index contributed by atoms with van der Waals surface area (Å²) in [4.78, 5) is 24.0. The molecule has 0 radical (unpaired) electrons. The van der Waals surface area contributed by atoms with Crippen molar-refractivity contribution in [1.82, 2.24) is 5.43 Å². The minimum atomic E-state index is -0.455. The summed E-state index contributed by atoms with van der Waals surface area (Å²) in [6.07, 6.45) is 1.47. The van der Waals surface area contributed by atoms with E-state index >= 15 is 0 Å². The summed E-state index contributed by atoms with van der Waals surface area (Å²) in [6, 6.07) is 19.5. The Hall–Kier alpha value is -3.45. The van der Waals surface area contributed by atoms with E-state index in [0.29, 0.717) is 22.4 Å². The standard InChI is InChI=1S/C21H15BrN2O4/c22-17-3-1-2-16(12-17)21(27)28-19-10-4-14(5-11-19)13-23-24-20(26)15-6-8-18(25)9-7-15/h1-13,25H,(H,24,26)/b23-13-. The smallest absolute Gasteiger partial charge is 0.343 e. The van der Waals surface area contributed by atoms with Crippen LogP contribution in [0.3, 0.4) is 0 Å². The van der Waals surface area contributed by atoms with Crippen molar-refractivity contribution < 1.29 is 19.4 Å². The zero-order chi connectivity index (χ0) is 19.9. The summed E-state index contributed by atoms with van der Waals surface area (Å²) in [5.41, 5.74) is 3.94. The summed E-state index contributed by atoms with van der Waals surface area (Å²) in [6.45, 7) is 0. The number of ether oxygens (including phenoxy) is 1. The second-order valence-electron chi connectivity index (χ2n) is 5.71. The van der Waals surface area contributed by atoms with Crippen molar-refractivity contribution in [2.45, 2.75) is 0 Å². The average molecular weight is 439 g/mol. The molecule has 0 atom stereocenters. The van der Waals surface area contributed by atoms with Gasteiger partial charge in [0.15, 0.2) is 0 Å². The van der Waals surface area contributed by atoms with Gasteiger partial charge in [0, 0.05) is 10.0 Å². The number of phenols is 1. The predicted molar refractivity (Wildman–Crippen MR) is 109 cm³/mol. The first-order chi connectivity index (χ1) is 13.5. The van der Waals surface area contributed by atoms with Crippen molar-refractivity contribution in [3.05, 3.63) is 94.0 Å². The van der Waals surface area contributed by atoms with E-state index in [2.05, 4.69) is 26.5 Å². The number of hydrogen-bond acceptors (Lipinski definition) is 5. The Morgan fingerprint density at radius 1 is 0.964 bits per heavy atom. The van der Waals surface area contributed by atoms with Crippen LogP contribution in [0.1, 0.15) is 26.3 Å². The molecule has 0 saturated carbocycles. The molecule has 0 fully saturated rings. The highest BCUT2D eigenvalue weighted by atomic mass is 79.9. The van der Waals surface area contributed by atoms with Gasteiger partial charge in [0.05, 0.1) is 11.8 Å². The first-order valence-electron chi connectivity index (χ1n) is 8.21. The molecular formula is C21H15BrN2O4. The van der Waals surface area contributed by atoms with Crippen LogP contribution in [0.4, 0.5) is 0 Å². The SMILES string of the molecule is O=C(N/N=C\c1ccc(OC(=O)c2cccc(Br)c2)cc1)c1ccc(O)cc1. The molecule has 0 unspecified atom stereocenters. The lowest BCUT2D eigenvalue weighted by Gasteiger charge is -2.05. The molecule has 28 heavy (non-hydrogen) atoms. The highest BCUT2D eigenvalue weighted by Crippen LogP contribution is 2.16. The van der Waals surface area contributed by atoms with Crippen molar-refractivity contribution in [3.63, 3.8) is 0 Å². The fourth-order valence-electron chi connectivity index (χ4n) is 2.25. The van der Waals surface area contributed by atoms with E-state index in [1.807, 2.05) is 6.07 Å². The van der Waals surface area contributed by atoms with Crippen LogP contribution in [0.2, 0.25) is 0 Å². The molecule has 0 aliphatic carbocycles. The van der Waals surface area contributed by atoms with Crippen LogP contribution in [0, 0.1) is 0 Å². The van der Waals surface area contributed by atoms with E-state index in [1.54, 1.807) is 42.5 Å². The lowest BCUT2D eigenvalue weighted by molar-refractivity contribution is 0.0734. The van der Waals surface area contributed by atoms with E-state index < -0.39 is 11.9 Å². The molecule has 0 aromatic heterocycles. The quantitative estimate of drug-likeness (QED) is 0.271. The monoisotopic (exact) mass is 438 g/mol. The number of esters is 1. The van der Waals surface area contributed by atoms with Crippen LogP contribution < -0.4 is 10.2 Å². The molecule has 0 heterocycles. The highest BCUT2D eigenvalue weighted by molar-refractivity contribution is 9.10. The number of carbonyl (C=O) groups excluding carboxylic acids is 2. The Labute approximate surface area is 169 Å². The summed E-state index contributed by atoms with van der Waals surface area (Å²) in [7, 11) is 0. The van der Waals surface area contributed by atoms with Crippen molar-refractivity contribution in [2.75, 3.05) is 0 Å². The highest BCUT2D eigenvalue weighted by Gasteiger charge is 2.08. The Bertz CT molecular complexity index is 1020. The molecule has 3 aromatic carbocycles. The zero-order valence-corrected chi connectivity index (χ0v) is 16.1. The number of halogens is 1. The third-order valence-corrected chi connectivity index (χ3v) is 4.15. The van der Waals surface area contributed by atoms with Crippen molar-refractivity contribution in [1.29, 1.82) is 0 Å².